The Hall–Kier alpha value is -3.27. The standard InChI is InChI=1S/C31H37Cl2N3O5S/c1-5-22(3)34-31(38)29(19-23-10-8-7-9-11-23)35(20-24-12-17-27(32)28(33)18-24)30(37)21-36(42(4,39)40)25-13-15-26(16-14-25)41-6-2/h7-18,22,29H,5-6,19-21H2,1-4H3,(H,34,38). The summed E-state index contributed by atoms with van der Waals surface area (Å²) in [6, 6.07) is 19.7. The van der Waals surface area contributed by atoms with Gasteiger partial charge in [-0.15, -0.1) is 0 Å². The molecule has 3 aromatic carbocycles. The number of anilines is 1. The Balaban J connectivity index is 2.06. The normalized spacial score (nSPS) is 12.7. The van der Waals surface area contributed by atoms with E-state index in [1.807, 2.05) is 51.1 Å². The summed E-state index contributed by atoms with van der Waals surface area (Å²) in [5.41, 5.74) is 1.78. The van der Waals surface area contributed by atoms with Gasteiger partial charge in [-0.3, -0.25) is 13.9 Å². The molecule has 8 nitrogen and oxygen atoms in total. The molecule has 0 fully saturated rings. The van der Waals surface area contributed by atoms with Crippen molar-refractivity contribution >= 4 is 50.7 Å². The van der Waals surface area contributed by atoms with Crippen LogP contribution in [0.15, 0.2) is 72.8 Å². The molecule has 0 saturated carbocycles. The van der Waals surface area contributed by atoms with Gasteiger partial charge >= 0.3 is 0 Å². The summed E-state index contributed by atoms with van der Waals surface area (Å²) < 4.78 is 32.4. The van der Waals surface area contributed by atoms with Crippen molar-refractivity contribution in [2.24, 2.45) is 0 Å². The molecule has 1 N–H and O–H groups in total. The van der Waals surface area contributed by atoms with Gasteiger partial charge in [0.15, 0.2) is 0 Å². The Bertz CT molecular complexity index is 1450. The smallest absolute Gasteiger partial charge is 0.244 e. The van der Waals surface area contributed by atoms with Crippen LogP contribution in [-0.4, -0.2) is 56.6 Å². The maximum atomic E-state index is 14.1. The van der Waals surface area contributed by atoms with E-state index in [1.54, 1.807) is 42.5 Å². The predicted octanol–water partition coefficient (Wildman–Crippen LogP) is 5.71. The molecule has 0 aliphatic heterocycles. The summed E-state index contributed by atoms with van der Waals surface area (Å²) in [6.45, 7) is 5.63. The first-order chi connectivity index (χ1) is 19.9. The quantitative estimate of drug-likeness (QED) is 0.245. The molecule has 3 rings (SSSR count). The molecule has 2 unspecified atom stereocenters. The molecule has 0 bridgehead atoms. The van der Waals surface area contributed by atoms with Gasteiger partial charge in [-0.2, -0.15) is 0 Å². The molecule has 0 radical (unpaired) electrons. The summed E-state index contributed by atoms with van der Waals surface area (Å²) in [6.07, 6.45) is 1.96. The molecule has 42 heavy (non-hydrogen) atoms. The van der Waals surface area contributed by atoms with Crippen LogP contribution >= 0.6 is 23.2 Å². The lowest BCUT2D eigenvalue weighted by molar-refractivity contribution is -0.140. The van der Waals surface area contributed by atoms with Crippen molar-refractivity contribution in [2.45, 2.75) is 52.2 Å². The zero-order valence-corrected chi connectivity index (χ0v) is 26.5. The average molecular weight is 635 g/mol. The topological polar surface area (TPSA) is 96.0 Å². The van der Waals surface area contributed by atoms with E-state index in [4.69, 9.17) is 27.9 Å². The Kier molecular flexibility index (Phi) is 12.1. The fourth-order valence-electron chi connectivity index (χ4n) is 4.32. The summed E-state index contributed by atoms with van der Waals surface area (Å²) in [5.74, 6) is -0.318. The highest BCUT2D eigenvalue weighted by Gasteiger charge is 2.33. The van der Waals surface area contributed by atoms with Crippen LogP contribution in [0.4, 0.5) is 5.69 Å². The number of amides is 2. The average Bonchev–Trinajstić information content (AvgIpc) is 2.95. The summed E-state index contributed by atoms with van der Waals surface area (Å²) >= 11 is 12.4. The van der Waals surface area contributed by atoms with Crippen LogP contribution < -0.4 is 14.4 Å². The molecule has 0 aliphatic rings. The SMILES string of the molecule is CCOc1ccc(N(CC(=O)N(Cc2ccc(Cl)c(Cl)c2)C(Cc2ccccc2)C(=O)NC(C)CC)S(C)(=O)=O)cc1. The third kappa shape index (κ3) is 9.37. The molecule has 226 valence electrons. The van der Waals surface area contributed by atoms with Crippen molar-refractivity contribution in [1.82, 2.24) is 10.2 Å². The zero-order valence-electron chi connectivity index (χ0n) is 24.2. The fourth-order valence-corrected chi connectivity index (χ4v) is 5.49. The van der Waals surface area contributed by atoms with Crippen molar-refractivity contribution in [3.05, 3.63) is 94.0 Å². The van der Waals surface area contributed by atoms with Crippen molar-refractivity contribution in [2.75, 3.05) is 23.7 Å². The van der Waals surface area contributed by atoms with E-state index in [0.29, 0.717) is 40.1 Å². The van der Waals surface area contributed by atoms with Crippen LogP contribution in [0.2, 0.25) is 10.0 Å². The highest BCUT2D eigenvalue weighted by molar-refractivity contribution is 7.92. The second kappa shape index (κ2) is 15.3. The van der Waals surface area contributed by atoms with Crippen LogP contribution in [0.25, 0.3) is 0 Å². The van der Waals surface area contributed by atoms with Gasteiger partial charge in [-0.25, -0.2) is 8.42 Å². The first-order valence-corrected chi connectivity index (χ1v) is 16.3. The largest absolute Gasteiger partial charge is 0.494 e. The minimum absolute atomic E-state index is 0.00201. The zero-order chi connectivity index (χ0) is 30.9. The van der Waals surface area contributed by atoms with Gasteiger partial charge in [-0.1, -0.05) is 66.5 Å². The summed E-state index contributed by atoms with van der Waals surface area (Å²) in [7, 11) is -3.88. The van der Waals surface area contributed by atoms with Crippen molar-refractivity contribution in [1.29, 1.82) is 0 Å². The van der Waals surface area contributed by atoms with Crippen molar-refractivity contribution < 1.29 is 22.7 Å². The van der Waals surface area contributed by atoms with Gasteiger partial charge in [0.05, 0.1) is 28.6 Å². The molecular weight excluding hydrogens is 597 g/mol. The van der Waals surface area contributed by atoms with Crippen molar-refractivity contribution in [3.8, 4) is 5.75 Å². The molecule has 0 saturated heterocycles. The Labute approximate surface area is 258 Å². The van der Waals surface area contributed by atoms with Crippen LogP contribution in [0.5, 0.6) is 5.75 Å². The first-order valence-electron chi connectivity index (χ1n) is 13.7. The molecule has 0 aromatic heterocycles. The predicted molar refractivity (Wildman–Crippen MR) is 169 cm³/mol. The number of ether oxygens (including phenoxy) is 1. The second-order valence-corrected chi connectivity index (χ2v) is 12.7. The minimum Gasteiger partial charge on any atom is -0.494 e. The summed E-state index contributed by atoms with van der Waals surface area (Å²) in [5, 5.41) is 3.66. The highest BCUT2D eigenvalue weighted by atomic mass is 35.5. The molecular formula is C31H37Cl2N3O5S. The first kappa shape index (κ1) is 33.2. The summed E-state index contributed by atoms with van der Waals surface area (Å²) in [4.78, 5) is 29.3. The number of halogens is 2. The van der Waals surface area contributed by atoms with E-state index in [9.17, 15) is 18.0 Å². The van der Waals surface area contributed by atoms with E-state index >= 15 is 0 Å². The molecule has 2 amide bonds. The number of sulfonamides is 1. The molecule has 11 heteroatoms. The van der Waals surface area contributed by atoms with Gasteiger partial charge in [0.2, 0.25) is 21.8 Å². The number of rotatable bonds is 14. The van der Waals surface area contributed by atoms with Crippen LogP contribution in [0.3, 0.4) is 0 Å². The number of hydrogen-bond acceptors (Lipinski definition) is 5. The highest BCUT2D eigenvalue weighted by Crippen LogP contribution is 2.26. The molecule has 0 aliphatic carbocycles. The van der Waals surface area contributed by atoms with Crippen LogP contribution in [0, 0.1) is 0 Å². The van der Waals surface area contributed by atoms with E-state index in [1.165, 1.54) is 4.90 Å². The van der Waals surface area contributed by atoms with E-state index < -0.39 is 28.5 Å². The molecule has 0 heterocycles. The Morgan fingerprint density at radius 2 is 1.60 bits per heavy atom. The van der Waals surface area contributed by atoms with E-state index in [0.717, 1.165) is 16.1 Å². The lowest BCUT2D eigenvalue weighted by atomic mass is 10.0. The third-order valence-corrected chi connectivity index (χ3v) is 8.60. The van der Waals surface area contributed by atoms with Crippen LogP contribution in [-0.2, 0) is 32.6 Å². The Morgan fingerprint density at radius 3 is 2.17 bits per heavy atom. The van der Waals surface area contributed by atoms with Crippen molar-refractivity contribution in [3.63, 3.8) is 0 Å². The lowest BCUT2D eigenvalue weighted by Crippen LogP contribution is -2.54. The number of carbonyl (C=O) groups is 2. The van der Waals surface area contributed by atoms with Gasteiger partial charge < -0.3 is 15.0 Å². The number of nitrogens with zero attached hydrogens (tertiary/aromatic N) is 2. The number of nitrogens with one attached hydrogen (secondary N) is 1. The van der Waals surface area contributed by atoms with E-state index in [-0.39, 0.29) is 24.9 Å². The van der Waals surface area contributed by atoms with Gasteiger partial charge in [0.1, 0.15) is 18.3 Å². The second-order valence-electron chi connectivity index (χ2n) is 9.99. The Morgan fingerprint density at radius 1 is 0.929 bits per heavy atom. The molecule has 0 spiro atoms. The lowest BCUT2D eigenvalue weighted by Gasteiger charge is -2.34. The molecule has 3 aromatic rings. The van der Waals surface area contributed by atoms with E-state index in [2.05, 4.69) is 5.32 Å². The van der Waals surface area contributed by atoms with Gasteiger partial charge in [-0.05, 0) is 67.8 Å². The van der Waals surface area contributed by atoms with Gasteiger partial charge in [0, 0.05) is 19.0 Å². The monoisotopic (exact) mass is 633 g/mol. The van der Waals surface area contributed by atoms with Crippen LogP contribution in [0.1, 0.15) is 38.3 Å². The number of benzene rings is 3. The maximum absolute atomic E-state index is 14.1. The van der Waals surface area contributed by atoms with Gasteiger partial charge in [0.25, 0.3) is 0 Å². The fraction of sp³-hybridized carbons (Fsp3) is 0.355. The minimum atomic E-state index is -3.88. The number of hydrogen-bond donors (Lipinski definition) is 1. The maximum Gasteiger partial charge on any atom is 0.244 e. The number of carbonyl (C=O) groups excluding carboxylic acids is 2. The third-order valence-electron chi connectivity index (χ3n) is 6.72. The molecule has 2 atom stereocenters.